The molecular weight excluding hydrogens is 210 g/mol. The number of piperidine rings is 1. The zero-order valence-corrected chi connectivity index (χ0v) is 10.9. The molecule has 17 heavy (non-hydrogen) atoms. The molecule has 1 aliphatic rings. The van der Waals surface area contributed by atoms with Crippen LogP contribution in [0.25, 0.3) is 0 Å². The van der Waals surface area contributed by atoms with Gasteiger partial charge in [-0.05, 0) is 44.6 Å². The number of para-hydroxylation sites is 1. The fraction of sp³-hybridized carbons (Fsp3) is 0.571. The summed E-state index contributed by atoms with van der Waals surface area (Å²) in [5.74, 6) is 0. The molecule has 3 heteroatoms. The molecule has 1 aromatic carbocycles. The number of nitrogens with two attached hydrogens (primary N) is 1. The van der Waals surface area contributed by atoms with Crippen LogP contribution in [0.3, 0.4) is 0 Å². The van der Waals surface area contributed by atoms with Crippen molar-refractivity contribution in [3.05, 3.63) is 29.8 Å². The van der Waals surface area contributed by atoms with E-state index in [-0.39, 0.29) is 0 Å². The molecule has 2 N–H and O–H groups in total. The molecule has 1 aromatic rings. The minimum Gasteiger partial charge on any atom is -0.371 e. The fourth-order valence-electron chi connectivity index (χ4n) is 2.61. The van der Waals surface area contributed by atoms with E-state index in [1.54, 1.807) is 0 Å². The van der Waals surface area contributed by atoms with E-state index in [0.717, 1.165) is 0 Å². The second kappa shape index (κ2) is 5.52. The molecule has 3 nitrogen and oxygen atoms in total. The molecule has 0 atom stereocenters. The van der Waals surface area contributed by atoms with Crippen molar-refractivity contribution < 1.29 is 0 Å². The number of benzene rings is 1. The van der Waals surface area contributed by atoms with Gasteiger partial charge in [0.2, 0.25) is 0 Å². The third kappa shape index (κ3) is 2.79. The Bertz CT molecular complexity index is 356. The molecule has 0 aromatic heterocycles. The molecule has 0 amide bonds. The Kier molecular flexibility index (Phi) is 4.02. The SMILES string of the molecule is CN1CCC(N(C)c2ccccc2CN)CC1. The van der Waals surface area contributed by atoms with Crippen LogP contribution >= 0.6 is 0 Å². The zero-order chi connectivity index (χ0) is 12.3. The van der Waals surface area contributed by atoms with Gasteiger partial charge >= 0.3 is 0 Å². The van der Waals surface area contributed by atoms with Crippen molar-refractivity contribution in [3.63, 3.8) is 0 Å². The lowest BCUT2D eigenvalue weighted by Crippen LogP contribution is -2.42. The van der Waals surface area contributed by atoms with Gasteiger partial charge in [0.15, 0.2) is 0 Å². The largest absolute Gasteiger partial charge is 0.371 e. The van der Waals surface area contributed by atoms with Crippen LogP contribution in [0.2, 0.25) is 0 Å². The van der Waals surface area contributed by atoms with E-state index in [2.05, 4.69) is 48.2 Å². The number of hydrogen-bond acceptors (Lipinski definition) is 3. The summed E-state index contributed by atoms with van der Waals surface area (Å²) in [5.41, 5.74) is 8.35. The van der Waals surface area contributed by atoms with Gasteiger partial charge < -0.3 is 15.5 Å². The number of likely N-dealkylation sites (tertiary alicyclic amines) is 1. The molecule has 0 radical (unpaired) electrons. The van der Waals surface area contributed by atoms with Crippen molar-refractivity contribution >= 4 is 5.69 Å². The highest BCUT2D eigenvalue weighted by Crippen LogP contribution is 2.24. The van der Waals surface area contributed by atoms with Crippen molar-refractivity contribution in [2.75, 3.05) is 32.1 Å². The molecular formula is C14H23N3. The van der Waals surface area contributed by atoms with Crippen LogP contribution in [0.1, 0.15) is 18.4 Å². The van der Waals surface area contributed by atoms with Crippen LogP contribution in [-0.2, 0) is 6.54 Å². The first-order valence-corrected chi connectivity index (χ1v) is 6.41. The number of anilines is 1. The Labute approximate surface area is 104 Å². The van der Waals surface area contributed by atoms with Crippen LogP contribution in [-0.4, -0.2) is 38.1 Å². The van der Waals surface area contributed by atoms with Crippen molar-refractivity contribution in [2.24, 2.45) is 5.73 Å². The maximum atomic E-state index is 5.81. The Hall–Kier alpha value is -1.06. The summed E-state index contributed by atoms with van der Waals surface area (Å²) in [5, 5.41) is 0. The molecule has 0 saturated carbocycles. The van der Waals surface area contributed by atoms with Gasteiger partial charge in [-0.2, -0.15) is 0 Å². The quantitative estimate of drug-likeness (QED) is 0.862. The van der Waals surface area contributed by atoms with Crippen molar-refractivity contribution in [1.82, 2.24) is 4.90 Å². The van der Waals surface area contributed by atoms with E-state index in [1.807, 2.05) is 0 Å². The molecule has 0 spiro atoms. The Morgan fingerprint density at radius 2 is 1.94 bits per heavy atom. The fourth-order valence-corrected chi connectivity index (χ4v) is 2.61. The molecule has 1 aliphatic heterocycles. The van der Waals surface area contributed by atoms with Crippen LogP contribution < -0.4 is 10.6 Å². The number of rotatable bonds is 3. The Balaban J connectivity index is 2.10. The van der Waals surface area contributed by atoms with Gasteiger partial charge in [-0.15, -0.1) is 0 Å². The van der Waals surface area contributed by atoms with E-state index in [1.165, 1.54) is 37.2 Å². The van der Waals surface area contributed by atoms with Crippen LogP contribution in [0, 0.1) is 0 Å². The Morgan fingerprint density at radius 1 is 1.29 bits per heavy atom. The summed E-state index contributed by atoms with van der Waals surface area (Å²) in [6.45, 7) is 3.01. The highest BCUT2D eigenvalue weighted by atomic mass is 15.2. The van der Waals surface area contributed by atoms with Crippen molar-refractivity contribution in [2.45, 2.75) is 25.4 Å². The summed E-state index contributed by atoms with van der Waals surface area (Å²) < 4.78 is 0. The topological polar surface area (TPSA) is 32.5 Å². The summed E-state index contributed by atoms with van der Waals surface area (Å²) in [4.78, 5) is 4.81. The first-order chi connectivity index (χ1) is 8.22. The average molecular weight is 233 g/mol. The van der Waals surface area contributed by atoms with E-state index in [9.17, 15) is 0 Å². The molecule has 1 fully saturated rings. The molecule has 1 heterocycles. The van der Waals surface area contributed by atoms with Crippen molar-refractivity contribution in [1.29, 1.82) is 0 Å². The molecule has 1 saturated heterocycles. The second-order valence-corrected chi connectivity index (χ2v) is 4.98. The van der Waals surface area contributed by atoms with E-state index >= 15 is 0 Å². The van der Waals surface area contributed by atoms with Crippen molar-refractivity contribution in [3.8, 4) is 0 Å². The third-order valence-electron chi connectivity index (χ3n) is 3.83. The van der Waals surface area contributed by atoms with Gasteiger partial charge in [0, 0.05) is 25.3 Å². The highest BCUT2D eigenvalue weighted by molar-refractivity contribution is 5.53. The first-order valence-electron chi connectivity index (χ1n) is 6.41. The maximum Gasteiger partial charge on any atom is 0.0411 e. The third-order valence-corrected chi connectivity index (χ3v) is 3.83. The van der Waals surface area contributed by atoms with E-state index in [0.29, 0.717) is 12.6 Å². The first kappa shape index (κ1) is 12.4. The average Bonchev–Trinajstić information content (AvgIpc) is 2.39. The van der Waals surface area contributed by atoms with Gasteiger partial charge in [-0.1, -0.05) is 18.2 Å². The lowest BCUT2D eigenvalue weighted by molar-refractivity contribution is 0.253. The Morgan fingerprint density at radius 3 is 2.59 bits per heavy atom. The van der Waals surface area contributed by atoms with Crippen LogP contribution in [0.15, 0.2) is 24.3 Å². The minimum absolute atomic E-state index is 0.618. The lowest BCUT2D eigenvalue weighted by Gasteiger charge is -2.37. The molecule has 0 unspecified atom stereocenters. The smallest absolute Gasteiger partial charge is 0.0411 e. The summed E-state index contributed by atoms with van der Waals surface area (Å²) in [6, 6.07) is 9.12. The number of hydrogen-bond donors (Lipinski definition) is 1. The van der Waals surface area contributed by atoms with Crippen LogP contribution in [0.5, 0.6) is 0 Å². The van der Waals surface area contributed by atoms with E-state index < -0.39 is 0 Å². The van der Waals surface area contributed by atoms with Crippen LogP contribution in [0.4, 0.5) is 5.69 Å². The normalized spacial score (nSPS) is 18.3. The second-order valence-electron chi connectivity index (χ2n) is 4.98. The van der Waals surface area contributed by atoms with Gasteiger partial charge in [-0.3, -0.25) is 0 Å². The predicted molar refractivity (Wildman–Crippen MR) is 73.3 cm³/mol. The lowest BCUT2D eigenvalue weighted by atomic mass is 10.0. The summed E-state index contributed by atoms with van der Waals surface area (Å²) in [7, 11) is 4.40. The molecule has 0 aliphatic carbocycles. The molecule has 94 valence electrons. The molecule has 0 bridgehead atoms. The zero-order valence-electron chi connectivity index (χ0n) is 10.9. The van der Waals surface area contributed by atoms with Gasteiger partial charge in [0.1, 0.15) is 0 Å². The van der Waals surface area contributed by atoms with Gasteiger partial charge in [-0.25, -0.2) is 0 Å². The molecule has 2 rings (SSSR count). The summed E-state index contributed by atoms with van der Waals surface area (Å²) >= 11 is 0. The monoisotopic (exact) mass is 233 g/mol. The van der Waals surface area contributed by atoms with E-state index in [4.69, 9.17) is 5.73 Å². The standard InChI is InChI=1S/C14H23N3/c1-16-9-7-13(8-10-16)17(2)14-6-4-3-5-12(14)11-15/h3-6,13H,7-11,15H2,1-2H3. The van der Waals surface area contributed by atoms with Gasteiger partial charge in [0.05, 0.1) is 0 Å². The predicted octanol–water partition coefficient (Wildman–Crippen LogP) is 1.68. The highest BCUT2D eigenvalue weighted by Gasteiger charge is 2.21. The van der Waals surface area contributed by atoms with Gasteiger partial charge in [0.25, 0.3) is 0 Å². The summed E-state index contributed by atoms with van der Waals surface area (Å²) in [6.07, 6.45) is 2.48. The number of nitrogens with zero attached hydrogens (tertiary/aromatic N) is 2. The maximum absolute atomic E-state index is 5.81. The minimum atomic E-state index is 0.618.